The van der Waals surface area contributed by atoms with Gasteiger partial charge in [0.2, 0.25) is 0 Å². The van der Waals surface area contributed by atoms with Gasteiger partial charge in [-0.1, -0.05) is 46.3 Å². The van der Waals surface area contributed by atoms with Crippen molar-refractivity contribution in [3.63, 3.8) is 0 Å². The summed E-state index contributed by atoms with van der Waals surface area (Å²) in [5.41, 5.74) is 1.58. The summed E-state index contributed by atoms with van der Waals surface area (Å²) in [6, 6.07) is 14.1. The number of aliphatic hydroxyl groups is 1. The topological polar surface area (TPSA) is 54.4 Å². The predicted molar refractivity (Wildman–Crippen MR) is 82.4 cm³/mol. The number of hydrogen-bond donors (Lipinski definition) is 1. The summed E-state index contributed by atoms with van der Waals surface area (Å²) in [5.74, 6) is 0. The van der Waals surface area contributed by atoms with Gasteiger partial charge in [0.1, 0.15) is 0 Å². The SMILES string of the molecule is CS(=O)(=O)c1cccc(C(O)Cc2ccccc2Br)c1. The fourth-order valence-electron chi connectivity index (χ4n) is 1.94. The molecule has 2 aromatic rings. The summed E-state index contributed by atoms with van der Waals surface area (Å²) in [4.78, 5) is 0.223. The van der Waals surface area contributed by atoms with Crippen molar-refractivity contribution < 1.29 is 13.5 Å². The van der Waals surface area contributed by atoms with Gasteiger partial charge in [-0.3, -0.25) is 0 Å². The Morgan fingerprint density at radius 3 is 2.50 bits per heavy atom. The summed E-state index contributed by atoms with van der Waals surface area (Å²) in [7, 11) is -3.26. The van der Waals surface area contributed by atoms with Crippen molar-refractivity contribution in [1.29, 1.82) is 0 Å². The van der Waals surface area contributed by atoms with Crippen LogP contribution in [-0.4, -0.2) is 19.8 Å². The molecule has 0 radical (unpaired) electrons. The molecule has 2 aromatic carbocycles. The van der Waals surface area contributed by atoms with E-state index in [2.05, 4.69) is 15.9 Å². The van der Waals surface area contributed by atoms with E-state index in [0.717, 1.165) is 16.3 Å². The lowest BCUT2D eigenvalue weighted by Gasteiger charge is -2.13. The zero-order valence-electron chi connectivity index (χ0n) is 11.0. The first-order valence-electron chi connectivity index (χ1n) is 6.09. The van der Waals surface area contributed by atoms with E-state index in [4.69, 9.17) is 0 Å². The molecular formula is C15H15BrO3S. The predicted octanol–water partition coefficient (Wildman–Crippen LogP) is 3.13. The molecule has 20 heavy (non-hydrogen) atoms. The van der Waals surface area contributed by atoms with Crippen LogP contribution in [0.3, 0.4) is 0 Å². The highest BCUT2D eigenvalue weighted by molar-refractivity contribution is 9.10. The maximum atomic E-state index is 11.5. The molecule has 0 bridgehead atoms. The lowest BCUT2D eigenvalue weighted by atomic mass is 10.0. The molecule has 0 aliphatic rings. The van der Waals surface area contributed by atoms with E-state index in [-0.39, 0.29) is 4.90 Å². The van der Waals surface area contributed by atoms with Gasteiger partial charge >= 0.3 is 0 Å². The molecule has 0 saturated carbocycles. The highest BCUT2D eigenvalue weighted by atomic mass is 79.9. The lowest BCUT2D eigenvalue weighted by molar-refractivity contribution is 0.178. The first-order valence-corrected chi connectivity index (χ1v) is 8.78. The summed E-state index contributed by atoms with van der Waals surface area (Å²) < 4.78 is 24.0. The quantitative estimate of drug-likeness (QED) is 0.917. The Morgan fingerprint density at radius 1 is 1.15 bits per heavy atom. The zero-order chi connectivity index (χ0) is 14.8. The van der Waals surface area contributed by atoms with Crippen LogP contribution in [0, 0.1) is 0 Å². The second-order valence-corrected chi connectivity index (χ2v) is 7.53. The molecule has 0 saturated heterocycles. The van der Waals surface area contributed by atoms with Crippen LogP contribution >= 0.6 is 15.9 Å². The van der Waals surface area contributed by atoms with Crippen molar-refractivity contribution in [3.8, 4) is 0 Å². The lowest BCUT2D eigenvalue weighted by Crippen LogP contribution is -2.04. The van der Waals surface area contributed by atoms with Crippen molar-refractivity contribution >= 4 is 25.8 Å². The molecule has 0 aliphatic heterocycles. The monoisotopic (exact) mass is 354 g/mol. The summed E-state index contributed by atoms with van der Waals surface area (Å²) in [6.45, 7) is 0. The summed E-state index contributed by atoms with van der Waals surface area (Å²) in [5, 5.41) is 10.3. The first-order chi connectivity index (χ1) is 9.38. The fourth-order valence-corrected chi connectivity index (χ4v) is 3.07. The molecular weight excluding hydrogens is 340 g/mol. The van der Waals surface area contributed by atoms with E-state index in [0.29, 0.717) is 12.0 Å². The van der Waals surface area contributed by atoms with Crippen LogP contribution in [0.5, 0.6) is 0 Å². The van der Waals surface area contributed by atoms with E-state index in [1.54, 1.807) is 12.1 Å². The Kier molecular flexibility index (Phi) is 4.62. The summed E-state index contributed by atoms with van der Waals surface area (Å²) >= 11 is 3.44. The summed E-state index contributed by atoms with van der Waals surface area (Å²) in [6.07, 6.45) is 0.844. The van der Waals surface area contributed by atoms with Crippen LogP contribution < -0.4 is 0 Å². The van der Waals surface area contributed by atoms with Gasteiger partial charge in [0.15, 0.2) is 9.84 Å². The number of benzene rings is 2. The molecule has 106 valence electrons. The average molecular weight is 355 g/mol. The Bertz CT molecular complexity index is 711. The number of rotatable bonds is 4. The standard InChI is InChI=1S/C15H15BrO3S/c1-20(18,19)13-7-4-6-12(9-13)15(17)10-11-5-2-3-8-14(11)16/h2-9,15,17H,10H2,1H3. The van der Waals surface area contributed by atoms with E-state index in [1.165, 1.54) is 12.1 Å². The molecule has 0 aliphatic carbocycles. The molecule has 0 amide bonds. The molecule has 0 fully saturated rings. The van der Waals surface area contributed by atoms with Crippen molar-refractivity contribution in [3.05, 3.63) is 64.1 Å². The Labute approximate surface area is 127 Å². The van der Waals surface area contributed by atoms with Crippen LogP contribution in [0.2, 0.25) is 0 Å². The largest absolute Gasteiger partial charge is 0.388 e. The zero-order valence-corrected chi connectivity index (χ0v) is 13.4. The van der Waals surface area contributed by atoms with E-state index in [9.17, 15) is 13.5 Å². The average Bonchev–Trinajstić information content (AvgIpc) is 2.40. The van der Waals surface area contributed by atoms with Gasteiger partial charge in [-0.15, -0.1) is 0 Å². The molecule has 1 N–H and O–H groups in total. The maximum Gasteiger partial charge on any atom is 0.175 e. The van der Waals surface area contributed by atoms with Gasteiger partial charge in [-0.05, 0) is 29.3 Å². The van der Waals surface area contributed by atoms with Gasteiger partial charge in [0.05, 0.1) is 11.0 Å². The smallest absolute Gasteiger partial charge is 0.175 e. The Morgan fingerprint density at radius 2 is 1.85 bits per heavy atom. The molecule has 0 spiro atoms. The third kappa shape index (κ3) is 3.69. The fraction of sp³-hybridized carbons (Fsp3) is 0.200. The maximum absolute atomic E-state index is 11.5. The first kappa shape index (κ1) is 15.2. The van der Waals surface area contributed by atoms with Crippen LogP contribution in [0.4, 0.5) is 0 Å². The minimum absolute atomic E-state index is 0.223. The highest BCUT2D eigenvalue weighted by Gasteiger charge is 2.13. The second-order valence-electron chi connectivity index (χ2n) is 4.66. The van der Waals surface area contributed by atoms with Gasteiger partial charge in [0.25, 0.3) is 0 Å². The molecule has 0 heterocycles. The molecule has 5 heteroatoms. The number of hydrogen-bond acceptors (Lipinski definition) is 3. The van der Waals surface area contributed by atoms with Crippen LogP contribution in [0.15, 0.2) is 57.9 Å². The van der Waals surface area contributed by atoms with Crippen molar-refractivity contribution in [2.45, 2.75) is 17.4 Å². The molecule has 3 nitrogen and oxygen atoms in total. The number of sulfone groups is 1. The highest BCUT2D eigenvalue weighted by Crippen LogP contribution is 2.25. The third-order valence-electron chi connectivity index (χ3n) is 3.04. The number of halogens is 1. The molecule has 0 aromatic heterocycles. The third-order valence-corrected chi connectivity index (χ3v) is 4.93. The van der Waals surface area contributed by atoms with E-state index in [1.807, 2.05) is 24.3 Å². The molecule has 2 rings (SSSR count). The molecule has 1 atom stereocenters. The normalized spacial score (nSPS) is 13.2. The second kappa shape index (κ2) is 6.08. The Balaban J connectivity index is 2.26. The van der Waals surface area contributed by atoms with Crippen molar-refractivity contribution in [2.24, 2.45) is 0 Å². The van der Waals surface area contributed by atoms with Crippen LogP contribution in [0.25, 0.3) is 0 Å². The van der Waals surface area contributed by atoms with Crippen LogP contribution in [0.1, 0.15) is 17.2 Å². The van der Waals surface area contributed by atoms with Crippen molar-refractivity contribution in [2.75, 3.05) is 6.26 Å². The van der Waals surface area contributed by atoms with Crippen molar-refractivity contribution in [1.82, 2.24) is 0 Å². The number of aliphatic hydroxyl groups excluding tert-OH is 1. The Hall–Kier alpha value is -1.17. The van der Waals surface area contributed by atoms with Gasteiger partial charge in [-0.25, -0.2) is 8.42 Å². The minimum Gasteiger partial charge on any atom is -0.388 e. The van der Waals surface area contributed by atoms with Gasteiger partial charge in [0, 0.05) is 17.1 Å². The molecule has 1 unspecified atom stereocenters. The van der Waals surface area contributed by atoms with Gasteiger partial charge < -0.3 is 5.11 Å². The minimum atomic E-state index is -3.26. The van der Waals surface area contributed by atoms with Gasteiger partial charge in [-0.2, -0.15) is 0 Å². The van der Waals surface area contributed by atoms with E-state index >= 15 is 0 Å². The van der Waals surface area contributed by atoms with E-state index < -0.39 is 15.9 Å². The van der Waals surface area contributed by atoms with Crippen LogP contribution in [-0.2, 0) is 16.3 Å².